The van der Waals surface area contributed by atoms with E-state index in [1.807, 2.05) is 0 Å². The van der Waals surface area contributed by atoms with Gasteiger partial charge in [-0.25, -0.2) is 0 Å². The van der Waals surface area contributed by atoms with Crippen LogP contribution in [0.25, 0.3) is 0 Å². The van der Waals surface area contributed by atoms with Gasteiger partial charge in [0.1, 0.15) is 5.78 Å². The van der Waals surface area contributed by atoms with Crippen molar-refractivity contribution in [3.63, 3.8) is 0 Å². The normalized spacial score (nSPS) is 33.9. The van der Waals surface area contributed by atoms with Gasteiger partial charge < -0.3 is 9.47 Å². The molecule has 2 saturated carbocycles. The fourth-order valence-corrected chi connectivity index (χ4v) is 2.99. The maximum absolute atomic E-state index is 12.1. The Kier molecular flexibility index (Phi) is 3.12. The smallest absolute Gasteiger partial charge is 0.163 e. The predicted molar refractivity (Wildman–Crippen MR) is 56.4 cm³/mol. The molecule has 0 heterocycles. The van der Waals surface area contributed by atoms with Crippen molar-refractivity contribution in [3.05, 3.63) is 0 Å². The van der Waals surface area contributed by atoms with Crippen molar-refractivity contribution in [1.82, 2.24) is 0 Å². The van der Waals surface area contributed by atoms with Gasteiger partial charge >= 0.3 is 0 Å². The molecule has 2 aliphatic rings. The molecular weight excluding hydrogens is 192 g/mol. The number of carbonyl (C=O) groups is 1. The van der Waals surface area contributed by atoms with Crippen molar-refractivity contribution < 1.29 is 14.3 Å². The summed E-state index contributed by atoms with van der Waals surface area (Å²) in [6.45, 7) is 0. The molecule has 0 bridgehead atoms. The highest BCUT2D eigenvalue weighted by atomic mass is 16.7. The van der Waals surface area contributed by atoms with Crippen LogP contribution in [0.3, 0.4) is 0 Å². The molecule has 2 unspecified atom stereocenters. The zero-order valence-corrected chi connectivity index (χ0v) is 9.62. The van der Waals surface area contributed by atoms with E-state index in [1.165, 1.54) is 19.3 Å². The van der Waals surface area contributed by atoms with E-state index in [1.54, 1.807) is 14.2 Å². The summed E-state index contributed by atoms with van der Waals surface area (Å²) in [7, 11) is 3.18. The van der Waals surface area contributed by atoms with Crippen molar-refractivity contribution in [3.8, 4) is 0 Å². The number of Topliss-reactive ketones (excluding diaryl/α,β-unsaturated/α-hetero) is 1. The Morgan fingerprint density at radius 1 is 1.40 bits per heavy atom. The van der Waals surface area contributed by atoms with Crippen molar-refractivity contribution in [2.75, 3.05) is 14.2 Å². The monoisotopic (exact) mass is 212 g/mol. The second-order valence-electron chi connectivity index (χ2n) is 4.83. The molecule has 0 aromatic heterocycles. The molecule has 0 aromatic rings. The Hall–Kier alpha value is -0.410. The van der Waals surface area contributed by atoms with Crippen LogP contribution in [0.4, 0.5) is 0 Å². The number of carbonyl (C=O) groups excluding carboxylic acids is 1. The zero-order valence-electron chi connectivity index (χ0n) is 9.62. The Bertz CT molecular complexity index is 247. The lowest BCUT2D eigenvalue weighted by Crippen LogP contribution is -2.27. The van der Waals surface area contributed by atoms with Crippen LogP contribution in [-0.2, 0) is 14.3 Å². The molecule has 3 heteroatoms. The van der Waals surface area contributed by atoms with E-state index in [-0.39, 0.29) is 11.7 Å². The summed E-state index contributed by atoms with van der Waals surface area (Å²) in [4.78, 5) is 12.1. The molecule has 0 radical (unpaired) electrons. The highest BCUT2D eigenvalue weighted by Gasteiger charge is 2.59. The zero-order chi connectivity index (χ0) is 10.9. The number of hydrogen-bond donors (Lipinski definition) is 0. The van der Waals surface area contributed by atoms with E-state index < -0.39 is 0 Å². The Morgan fingerprint density at radius 2 is 2.13 bits per heavy atom. The van der Waals surface area contributed by atoms with Gasteiger partial charge in [-0.1, -0.05) is 12.8 Å². The van der Waals surface area contributed by atoms with Crippen LogP contribution in [0.1, 0.15) is 38.5 Å². The molecule has 0 amide bonds. The molecule has 2 rings (SSSR count). The average Bonchev–Trinajstić information content (AvgIpc) is 3.01. The van der Waals surface area contributed by atoms with Crippen molar-refractivity contribution in [1.29, 1.82) is 0 Å². The van der Waals surface area contributed by atoms with E-state index in [4.69, 9.17) is 9.47 Å². The van der Waals surface area contributed by atoms with Crippen LogP contribution in [0, 0.1) is 11.3 Å². The quantitative estimate of drug-likeness (QED) is 0.655. The van der Waals surface area contributed by atoms with Gasteiger partial charge in [0, 0.05) is 19.6 Å². The molecule has 15 heavy (non-hydrogen) atoms. The first-order chi connectivity index (χ1) is 7.23. The van der Waals surface area contributed by atoms with Gasteiger partial charge in [0.05, 0.1) is 6.42 Å². The number of ketones is 1. The van der Waals surface area contributed by atoms with Crippen LogP contribution in [-0.4, -0.2) is 26.3 Å². The van der Waals surface area contributed by atoms with Crippen LogP contribution < -0.4 is 0 Å². The molecule has 86 valence electrons. The van der Waals surface area contributed by atoms with E-state index in [0.717, 1.165) is 12.8 Å². The highest BCUT2D eigenvalue weighted by molar-refractivity contribution is 5.88. The third kappa shape index (κ3) is 1.95. The lowest BCUT2D eigenvalue weighted by molar-refractivity contribution is -0.143. The third-order valence-corrected chi connectivity index (χ3v) is 4.09. The first-order valence-corrected chi connectivity index (χ1v) is 5.82. The minimum absolute atomic E-state index is 0.0353. The molecule has 2 atom stereocenters. The summed E-state index contributed by atoms with van der Waals surface area (Å²) in [5.74, 6) is 1.04. The molecule has 0 aromatic carbocycles. The molecular formula is C12H20O3. The summed E-state index contributed by atoms with van der Waals surface area (Å²) >= 11 is 0. The Morgan fingerprint density at radius 3 is 2.73 bits per heavy atom. The van der Waals surface area contributed by atoms with Gasteiger partial charge in [-0.15, -0.1) is 0 Å². The second-order valence-corrected chi connectivity index (χ2v) is 4.83. The minimum Gasteiger partial charge on any atom is -0.355 e. The molecule has 0 aliphatic heterocycles. The van der Waals surface area contributed by atoms with Crippen LogP contribution >= 0.6 is 0 Å². The topological polar surface area (TPSA) is 35.5 Å². The van der Waals surface area contributed by atoms with Gasteiger partial charge in [0.2, 0.25) is 0 Å². The largest absolute Gasteiger partial charge is 0.355 e. The Balaban J connectivity index is 1.91. The lowest BCUT2D eigenvalue weighted by atomic mass is 9.84. The van der Waals surface area contributed by atoms with Crippen molar-refractivity contribution in [2.24, 2.45) is 11.3 Å². The van der Waals surface area contributed by atoms with E-state index >= 15 is 0 Å². The molecule has 0 spiro atoms. The third-order valence-electron chi connectivity index (χ3n) is 4.09. The molecule has 0 saturated heterocycles. The van der Waals surface area contributed by atoms with Crippen LogP contribution in [0.5, 0.6) is 0 Å². The maximum Gasteiger partial charge on any atom is 0.163 e. The van der Waals surface area contributed by atoms with Crippen molar-refractivity contribution >= 4 is 5.78 Å². The van der Waals surface area contributed by atoms with E-state index in [0.29, 0.717) is 18.1 Å². The standard InChI is InChI=1S/C12H20O3/c1-14-11(15-2)7-10(13)12-6-4-3-5-9(12)8-12/h9,11H,3-8H2,1-2H3. The first kappa shape index (κ1) is 11.1. The fraction of sp³-hybridized carbons (Fsp3) is 0.917. The molecule has 0 N–H and O–H groups in total. The predicted octanol–water partition coefficient (Wildman–Crippen LogP) is 2.14. The van der Waals surface area contributed by atoms with E-state index in [9.17, 15) is 4.79 Å². The number of ether oxygens (including phenoxy) is 2. The fourth-order valence-electron chi connectivity index (χ4n) is 2.99. The van der Waals surface area contributed by atoms with Gasteiger partial charge in [-0.05, 0) is 25.2 Å². The Labute approximate surface area is 91.1 Å². The van der Waals surface area contributed by atoms with Gasteiger partial charge in [0.25, 0.3) is 0 Å². The summed E-state index contributed by atoms with van der Waals surface area (Å²) in [6.07, 6.45) is 6.04. The molecule has 2 fully saturated rings. The second kappa shape index (κ2) is 4.22. The summed E-state index contributed by atoms with van der Waals surface area (Å²) in [6, 6.07) is 0. The number of rotatable bonds is 5. The number of fused-ring (bicyclic) bond motifs is 1. The SMILES string of the molecule is COC(CC(=O)C12CCCCC1C2)OC. The number of methoxy groups -OCH3 is 2. The van der Waals surface area contributed by atoms with Crippen LogP contribution in [0.15, 0.2) is 0 Å². The highest BCUT2D eigenvalue weighted by Crippen LogP contribution is 2.62. The van der Waals surface area contributed by atoms with Gasteiger partial charge in [-0.3, -0.25) is 4.79 Å². The van der Waals surface area contributed by atoms with Crippen LogP contribution in [0.2, 0.25) is 0 Å². The van der Waals surface area contributed by atoms with Crippen molar-refractivity contribution in [2.45, 2.75) is 44.8 Å². The lowest BCUT2D eigenvalue weighted by Gasteiger charge is -2.22. The summed E-state index contributed by atoms with van der Waals surface area (Å²) < 4.78 is 10.2. The number of hydrogen-bond acceptors (Lipinski definition) is 3. The minimum atomic E-state index is -0.352. The molecule has 3 nitrogen and oxygen atoms in total. The van der Waals surface area contributed by atoms with E-state index in [2.05, 4.69) is 0 Å². The maximum atomic E-state index is 12.1. The van der Waals surface area contributed by atoms with Gasteiger partial charge in [-0.2, -0.15) is 0 Å². The van der Waals surface area contributed by atoms with Gasteiger partial charge in [0.15, 0.2) is 6.29 Å². The first-order valence-electron chi connectivity index (χ1n) is 5.82. The summed E-state index contributed by atoms with van der Waals surface area (Å²) in [5, 5.41) is 0. The average molecular weight is 212 g/mol. The molecule has 2 aliphatic carbocycles. The summed E-state index contributed by atoms with van der Waals surface area (Å²) in [5.41, 5.74) is 0.0353.